The maximum absolute atomic E-state index is 8.46. The molecule has 66 valence electrons. The second kappa shape index (κ2) is 3.77. The van der Waals surface area contributed by atoms with Crippen molar-refractivity contribution < 1.29 is 9.84 Å². The summed E-state index contributed by atoms with van der Waals surface area (Å²) in [6.45, 7) is 0.0938. The zero-order valence-corrected chi connectivity index (χ0v) is 6.53. The van der Waals surface area contributed by atoms with Crippen LogP contribution >= 0.6 is 0 Å². The maximum Gasteiger partial charge on any atom is 0.239 e. The van der Waals surface area contributed by atoms with E-state index >= 15 is 0 Å². The molecular formula is C7H11N3O2. The molecule has 0 fully saturated rings. The number of aromatic nitrogens is 1. The van der Waals surface area contributed by atoms with Gasteiger partial charge in [0, 0.05) is 6.20 Å². The fourth-order valence-electron chi connectivity index (χ4n) is 0.725. The number of ether oxygens (including phenoxy) is 1. The molecule has 0 spiro atoms. The Bertz CT molecular complexity index is 265. The molecule has 0 aliphatic heterocycles. The van der Waals surface area contributed by atoms with Gasteiger partial charge in [-0.15, -0.1) is 0 Å². The Morgan fingerprint density at radius 1 is 1.50 bits per heavy atom. The molecule has 0 aromatic carbocycles. The van der Waals surface area contributed by atoms with E-state index in [4.69, 9.17) is 21.3 Å². The molecule has 0 saturated carbocycles. The molecule has 0 aliphatic carbocycles. The van der Waals surface area contributed by atoms with Gasteiger partial charge in [-0.25, -0.2) is 4.98 Å². The average molecular weight is 169 g/mol. The number of nitrogens with two attached hydrogens (primary N) is 2. The van der Waals surface area contributed by atoms with Crippen molar-refractivity contribution in [1.82, 2.24) is 4.98 Å². The Morgan fingerprint density at radius 2 is 2.25 bits per heavy atom. The number of anilines is 2. The van der Waals surface area contributed by atoms with E-state index in [1.165, 1.54) is 6.20 Å². The van der Waals surface area contributed by atoms with Gasteiger partial charge < -0.3 is 21.3 Å². The molecule has 5 nitrogen and oxygen atoms in total. The number of hydrogen-bond acceptors (Lipinski definition) is 5. The number of nitrogens with zero attached hydrogens (tertiary/aromatic N) is 1. The molecule has 5 heteroatoms. The van der Waals surface area contributed by atoms with Crippen LogP contribution in [0, 0.1) is 0 Å². The molecule has 1 aromatic rings. The lowest BCUT2D eigenvalue weighted by Gasteiger charge is -2.06. The molecule has 0 unspecified atom stereocenters. The monoisotopic (exact) mass is 169 g/mol. The molecule has 0 radical (unpaired) electrons. The lowest BCUT2D eigenvalue weighted by molar-refractivity contribution is 0.197. The zero-order chi connectivity index (χ0) is 8.97. The molecule has 0 atom stereocenters. The number of pyridine rings is 1. The zero-order valence-electron chi connectivity index (χ0n) is 6.53. The first-order valence-electron chi connectivity index (χ1n) is 3.49. The normalized spacial score (nSPS) is 9.75. The minimum Gasteiger partial charge on any atom is -0.474 e. The summed E-state index contributed by atoms with van der Waals surface area (Å²) in [5.74, 6) is 0.268. The number of aliphatic hydroxyl groups excluding tert-OH is 1. The minimum absolute atomic E-state index is 0.0735. The summed E-state index contributed by atoms with van der Waals surface area (Å²) in [5, 5.41) is 8.46. The molecule has 0 aliphatic rings. The van der Waals surface area contributed by atoms with Crippen LogP contribution in [0.5, 0.6) is 5.88 Å². The van der Waals surface area contributed by atoms with E-state index in [-0.39, 0.29) is 19.1 Å². The fraction of sp³-hybridized carbons (Fsp3) is 0.286. The number of hydrogen-bond donors (Lipinski definition) is 3. The Balaban J connectivity index is 2.78. The average Bonchev–Trinajstić information content (AvgIpc) is 2.08. The van der Waals surface area contributed by atoms with Crippen molar-refractivity contribution in [2.24, 2.45) is 0 Å². The number of nitrogen functional groups attached to an aromatic ring is 2. The predicted molar refractivity (Wildman–Crippen MR) is 45.6 cm³/mol. The first-order valence-corrected chi connectivity index (χ1v) is 3.49. The largest absolute Gasteiger partial charge is 0.474 e. The summed E-state index contributed by atoms with van der Waals surface area (Å²) in [7, 11) is 0. The van der Waals surface area contributed by atoms with Crippen LogP contribution < -0.4 is 16.2 Å². The summed E-state index contributed by atoms with van der Waals surface area (Å²) in [5.41, 5.74) is 11.8. The molecule has 0 amide bonds. The van der Waals surface area contributed by atoms with Gasteiger partial charge in [-0.1, -0.05) is 0 Å². The Labute approximate surface area is 70.0 Å². The van der Waals surface area contributed by atoms with Crippen LogP contribution in [-0.2, 0) is 0 Å². The molecule has 0 saturated heterocycles. The van der Waals surface area contributed by atoms with Crippen LogP contribution in [0.4, 0.5) is 11.4 Å². The minimum atomic E-state index is -0.0735. The second-order valence-corrected chi connectivity index (χ2v) is 2.19. The quantitative estimate of drug-likeness (QED) is 0.573. The van der Waals surface area contributed by atoms with Crippen molar-refractivity contribution >= 4 is 11.4 Å². The maximum atomic E-state index is 8.46. The summed E-state index contributed by atoms with van der Waals surface area (Å²) in [4.78, 5) is 3.84. The van der Waals surface area contributed by atoms with Crippen LogP contribution in [-0.4, -0.2) is 23.3 Å². The van der Waals surface area contributed by atoms with Gasteiger partial charge in [-0.2, -0.15) is 0 Å². The Morgan fingerprint density at radius 3 is 2.92 bits per heavy atom. The van der Waals surface area contributed by atoms with E-state index < -0.39 is 0 Å². The van der Waals surface area contributed by atoms with Gasteiger partial charge in [0.2, 0.25) is 5.88 Å². The highest BCUT2D eigenvalue weighted by molar-refractivity contribution is 5.67. The molecule has 1 rings (SSSR count). The third-order valence-corrected chi connectivity index (χ3v) is 1.32. The third kappa shape index (κ3) is 1.76. The van der Waals surface area contributed by atoms with Crippen molar-refractivity contribution in [3.05, 3.63) is 12.3 Å². The number of rotatable bonds is 3. The summed E-state index contributed by atoms with van der Waals surface area (Å²) in [6.07, 6.45) is 1.50. The number of aliphatic hydroxyl groups is 1. The van der Waals surface area contributed by atoms with Crippen molar-refractivity contribution in [3.63, 3.8) is 0 Å². The molecule has 1 heterocycles. The lowest BCUT2D eigenvalue weighted by atomic mass is 10.3. The SMILES string of the molecule is Nc1ccnc(OCCO)c1N. The van der Waals surface area contributed by atoms with Crippen LogP contribution in [0.2, 0.25) is 0 Å². The van der Waals surface area contributed by atoms with Crippen LogP contribution in [0.25, 0.3) is 0 Å². The first-order chi connectivity index (χ1) is 5.75. The first kappa shape index (κ1) is 8.61. The second-order valence-electron chi connectivity index (χ2n) is 2.19. The van der Waals surface area contributed by atoms with Crippen molar-refractivity contribution in [1.29, 1.82) is 0 Å². The highest BCUT2D eigenvalue weighted by Gasteiger charge is 2.03. The summed E-state index contributed by atoms with van der Waals surface area (Å²) < 4.78 is 5.00. The summed E-state index contributed by atoms with van der Waals surface area (Å²) in [6, 6.07) is 1.58. The predicted octanol–water partition coefficient (Wildman–Crippen LogP) is -0.383. The van der Waals surface area contributed by atoms with Gasteiger partial charge in [-0.05, 0) is 6.07 Å². The van der Waals surface area contributed by atoms with E-state index in [2.05, 4.69) is 4.98 Å². The van der Waals surface area contributed by atoms with Gasteiger partial charge in [-0.3, -0.25) is 0 Å². The van der Waals surface area contributed by atoms with Crippen LogP contribution in [0.1, 0.15) is 0 Å². The van der Waals surface area contributed by atoms with Gasteiger partial charge in [0.1, 0.15) is 12.3 Å². The lowest BCUT2D eigenvalue weighted by Crippen LogP contribution is -2.06. The van der Waals surface area contributed by atoms with E-state index in [1.807, 2.05) is 0 Å². The smallest absolute Gasteiger partial charge is 0.239 e. The van der Waals surface area contributed by atoms with Crippen LogP contribution in [0.15, 0.2) is 12.3 Å². The van der Waals surface area contributed by atoms with Crippen molar-refractivity contribution in [2.75, 3.05) is 24.7 Å². The topological polar surface area (TPSA) is 94.4 Å². The van der Waals surface area contributed by atoms with Crippen LogP contribution in [0.3, 0.4) is 0 Å². The molecule has 5 N–H and O–H groups in total. The highest BCUT2D eigenvalue weighted by Crippen LogP contribution is 2.23. The molecule has 0 bridgehead atoms. The van der Waals surface area contributed by atoms with Crippen molar-refractivity contribution in [2.45, 2.75) is 0 Å². The van der Waals surface area contributed by atoms with Gasteiger partial charge >= 0.3 is 0 Å². The van der Waals surface area contributed by atoms with E-state index in [9.17, 15) is 0 Å². The molecule has 12 heavy (non-hydrogen) atoms. The van der Waals surface area contributed by atoms with Gasteiger partial charge in [0.25, 0.3) is 0 Å². The van der Waals surface area contributed by atoms with Crippen molar-refractivity contribution in [3.8, 4) is 5.88 Å². The molecular weight excluding hydrogens is 158 g/mol. The fourth-order valence-corrected chi connectivity index (χ4v) is 0.725. The summed E-state index contributed by atoms with van der Waals surface area (Å²) >= 11 is 0. The van der Waals surface area contributed by atoms with E-state index in [0.717, 1.165) is 0 Å². The van der Waals surface area contributed by atoms with Gasteiger partial charge in [0.15, 0.2) is 0 Å². The Kier molecular flexibility index (Phi) is 2.71. The van der Waals surface area contributed by atoms with Gasteiger partial charge in [0.05, 0.1) is 12.3 Å². The Hall–Kier alpha value is -1.49. The highest BCUT2D eigenvalue weighted by atomic mass is 16.5. The third-order valence-electron chi connectivity index (χ3n) is 1.32. The standard InChI is InChI=1S/C7H11N3O2/c8-5-1-2-10-7(6(5)9)12-4-3-11/h1-2,11H,3-4,9H2,(H2,8,10). The van der Waals surface area contributed by atoms with E-state index in [0.29, 0.717) is 11.4 Å². The van der Waals surface area contributed by atoms with E-state index in [1.54, 1.807) is 6.07 Å². The molecule has 1 aromatic heterocycles.